The van der Waals surface area contributed by atoms with Crippen molar-refractivity contribution in [2.45, 2.75) is 76.7 Å². The van der Waals surface area contributed by atoms with E-state index in [-0.39, 0.29) is 22.3 Å². The molecule has 2 nitrogen and oxygen atoms in total. The molecule has 0 bridgehead atoms. The quantitative estimate of drug-likeness (QED) is 0.679. The van der Waals surface area contributed by atoms with Gasteiger partial charge in [-0.3, -0.25) is 4.79 Å². The van der Waals surface area contributed by atoms with Crippen molar-refractivity contribution >= 4 is 17.4 Å². The van der Waals surface area contributed by atoms with Gasteiger partial charge in [0.05, 0.1) is 6.10 Å². The zero-order valence-electron chi connectivity index (χ0n) is 13.9. The maximum atomic E-state index is 12.4. The van der Waals surface area contributed by atoms with Crippen LogP contribution in [0.5, 0.6) is 0 Å². The van der Waals surface area contributed by atoms with Crippen LogP contribution < -0.4 is 0 Å². The van der Waals surface area contributed by atoms with Crippen LogP contribution >= 0.6 is 11.6 Å². The normalized spacial score (nSPS) is 57.9. The van der Waals surface area contributed by atoms with Gasteiger partial charge in [0, 0.05) is 17.2 Å². The third-order valence-electron chi connectivity index (χ3n) is 8.38. The van der Waals surface area contributed by atoms with E-state index in [4.69, 9.17) is 11.6 Å². The fraction of sp³-hybridized carbons (Fsp3) is 0.947. The molecular formula is C19H29ClO2. The van der Waals surface area contributed by atoms with Gasteiger partial charge in [0.1, 0.15) is 5.78 Å². The van der Waals surface area contributed by atoms with Crippen LogP contribution in [0.2, 0.25) is 0 Å². The molecule has 3 heteroatoms. The number of aliphatic hydroxyl groups excluding tert-OH is 1. The summed E-state index contributed by atoms with van der Waals surface area (Å²) in [5.41, 5.74) is 0.122. The van der Waals surface area contributed by atoms with Crippen molar-refractivity contribution in [2.75, 3.05) is 0 Å². The highest BCUT2D eigenvalue weighted by Gasteiger charge is 2.62. The number of ketones is 1. The predicted octanol–water partition coefficient (Wildman–Crippen LogP) is 4.18. The first kappa shape index (κ1) is 15.4. The summed E-state index contributed by atoms with van der Waals surface area (Å²) >= 11 is 6.83. The van der Waals surface area contributed by atoms with Crippen molar-refractivity contribution in [1.29, 1.82) is 0 Å². The zero-order valence-corrected chi connectivity index (χ0v) is 14.6. The first-order chi connectivity index (χ1) is 10.4. The van der Waals surface area contributed by atoms with Gasteiger partial charge in [-0.1, -0.05) is 13.8 Å². The van der Waals surface area contributed by atoms with E-state index in [2.05, 4.69) is 13.8 Å². The van der Waals surface area contributed by atoms with E-state index >= 15 is 0 Å². The van der Waals surface area contributed by atoms with E-state index in [1.807, 2.05) is 0 Å². The van der Waals surface area contributed by atoms with Gasteiger partial charge < -0.3 is 5.11 Å². The molecule has 0 spiro atoms. The number of aliphatic hydroxyl groups is 1. The number of fused-ring (bicyclic) bond motifs is 5. The highest BCUT2D eigenvalue weighted by molar-refractivity contribution is 6.21. The van der Waals surface area contributed by atoms with Gasteiger partial charge in [-0.25, -0.2) is 0 Å². The van der Waals surface area contributed by atoms with E-state index in [9.17, 15) is 9.90 Å². The van der Waals surface area contributed by atoms with Crippen LogP contribution in [0.25, 0.3) is 0 Å². The Kier molecular flexibility index (Phi) is 3.48. The van der Waals surface area contributed by atoms with Crippen LogP contribution in [0.1, 0.15) is 65.2 Å². The van der Waals surface area contributed by atoms with Gasteiger partial charge in [-0.2, -0.15) is 0 Å². The van der Waals surface area contributed by atoms with Crippen LogP contribution in [0.4, 0.5) is 0 Å². The minimum Gasteiger partial charge on any atom is -0.393 e. The van der Waals surface area contributed by atoms with Crippen molar-refractivity contribution in [3.05, 3.63) is 0 Å². The molecule has 0 saturated heterocycles. The van der Waals surface area contributed by atoms with E-state index in [1.54, 1.807) is 0 Å². The summed E-state index contributed by atoms with van der Waals surface area (Å²) < 4.78 is 0. The molecule has 4 fully saturated rings. The van der Waals surface area contributed by atoms with E-state index < -0.39 is 0 Å². The van der Waals surface area contributed by atoms with Crippen LogP contribution in [0.15, 0.2) is 0 Å². The molecular weight excluding hydrogens is 296 g/mol. The van der Waals surface area contributed by atoms with E-state index in [1.165, 1.54) is 12.8 Å². The maximum absolute atomic E-state index is 12.4. The lowest BCUT2D eigenvalue weighted by molar-refractivity contribution is -0.141. The Hall–Kier alpha value is -0.0800. The smallest absolute Gasteiger partial charge is 0.139 e. The lowest BCUT2D eigenvalue weighted by Gasteiger charge is -2.61. The molecule has 1 unspecified atom stereocenters. The Morgan fingerprint density at radius 2 is 1.86 bits per heavy atom. The number of halogens is 1. The first-order valence-corrected chi connectivity index (χ1v) is 9.66. The van der Waals surface area contributed by atoms with Crippen LogP contribution in [-0.2, 0) is 4.79 Å². The third-order valence-corrected chi connectivity index (χ3v) is 9.03. The number of hydrogen-bond donors (Lipinski definition) is 1. The molecule has 22 heavy (non-hydrogen) atoms. The van der Waals surface area contributed by atoms with E-state index in [0.717, 1.165) is 38.5 Å². The number of alkyl halides is 1. The third kappa shape index (κ3) is 1.86. The Labute approximate surface area is 139 Å². The molecule has 1 N–H and O–H groups in total. The molecule has 0 amide bonds. The Balaban J connectivity index is 1.67. The minimum absolute atomic E-state index is 0.0413. The molecule has 124 valence electrons. The number of rotatable bonds is 0. The topological polar surface area (TPSA) is 37.3 Å². The molecule has 0 heterocycles. The molecule has 0 aromatic heterocycles. The first-order valence-electron chi connectivity index (χ1n) is 9.23. The van der Waals surface area contributed by atoms with Crippen molar-refractivity contribution in [3.63, 3.8) is 0 Å². The summed E-state index contributed by atoms with van der Waals surface area (Å²) in [5, 5.41) is 10.2. The van der Waals surface area contributed by atoms with Gasteiger partial charge >= 0.3 is 0 Å². The number of hydrogen-bond acceptors (Lipinski definition) is 2. The molecule has 8 atom stereocenters. The summed E-state index contributed by atoms with van der Waals surface area (Å²) in [5.74, 6) is 3.02. The lowest BCUT2D eigenvalue weighted by atomic mass is 9.45. The predicted molar refractivity (Wildman–Crippen MR) is 87.8 cm³/mol. The largest absolute Gasteiger partial charge is 0.393 e. The number of Topliss-reactive ketones (excluding diaryl/α,β-unsaturated/α-hetero) is 1. The molecule has 4 saturated carbocycles. The highest BCUT2D eigenvalue weighted by atomic mass is 35.5. The second-order valence-electron chi connectivity index (χ2n) is 9.03. The molecule has 0 aromatic rings. The maximum Gasteiger partial charge on any atom is 0.139 e. The monoisotopic (exact) mass is 324 g/mol. The Bertz CT molecular complexity index is 492. The van der Waals surface area contributed by atoms with Gasteiger partial charge in [-0.15, -0.1) is 11.6 Å². The van der Waals surface area contributed by atoms with E-state index in [0.29, 0.717) is 29.5 Å². The number of carbonyl (C=O) groups excluding carboxylic acids is 1. The Morgan fingerprint density at radius 3 is 2.64 bits per heavy atom. The zero-order chi connectivity index (χ0) is 15.7. The summed E-state index contributed by atoms with van der Waals surface area (Å²) in [4.78, 5) is 12.4. The molecule has 4 aliphatic rings. The Morgan fingerprint density at radius 1 is 1.09 bits per heavy atom. The second-order valence-corrected chi connectivity index (χ2v) is 9.55. The van der Waals surface area contributed by atoms with Gasteiger partial charge in [0.15, 0.2) is 0 Å². The highest BCUT2D eigenvalue weighted by Crippen LogP contribution is 2.66. The average Bonchev–Trinajstić information content (AvgIpc) is 2.77. The molecule has 4 aliphatic carbocycles. The van der Waals surface area contributed by atoms with Gasteiger partial charge in [0.25, 0.3) is 0 Å². The average molecular weight is 325 g/mol. The molecule has 0 aliphatic heterocycles. The fourth-order valence-electron chi connectivity index (χ4n) is 7.02. The van der Waals surface area contributed by atoms with Crippen LogP contribution in [0, 0.1) is 34.5 Å². The summed E-state index contributed by atoms with van der Waals surface area (Å²) in [7, 11) is 0. The van der Waals surface area contributed by atoms with Gasteiger partial charge in [0.2, 0.25) is 0 Å². The lowest BCUT2D eigenvalue weighted by Crippen LogP contribution is -2.58. The molecule has 0 radical (unpaired) electrons. The minimum atomic E-state index is -0.209. The van der Waals surface area contributed by atoms with Crippen molar-refractivity contribution in [2.24, 2.45) is 34.5 Å². The summed E-state index contributed by atoms with van der Waals surface area (Å²) in [6, 6.07) is 0. The van der Waals surface area contributed by atoms with Gasteiger partial charge in [-0.05, 0) is 74.0 Å². The fourth-order valence-corrected chi connectivity index (χ4v) is 7.56. The molecule has 0 aromatic carbocycles. The van der Waals surface area contributed by atoms with Crippen molar-refractivity contribution in [3.8, 4) is 0 Å². The van der Waals surface area contributed by atoms with Crippen LogP contribution in [0.3, 0.4) is 0 Å². The SMILES string of the molecule is C[C@]12C(Cl)C[C@H](O)C[C@@H]1CC[C@@H]1[C@@H]2CC[C@]2(C)C(=O)CC[C@@H]12. The summed E-state index contributed by atoms with van der Waals surface area (Å²) in [6.45, 7) is 4.64. The summed E-state index contributed by atoms with van der Waals surface area (Å²) in [6.07, 6.45) is 8.04. The van der Waals surface area contributed by atoms with Crippen molar-refractivity contribution in [1.82, 2.24) is 0 Å². The van der Waals surface area contributed by atoms with Crippen molar-refractivity contribution < 1.29 is 9.90 Å². The number of carbonyl (C=O) groups is 1. The second kappa shape index (κ2) is 4.96. The van der Waals surface area contributed by atoms with Crippen LogP contribution in [-0.4, -0.2) is 22.4 Å². The molecule has 4 rings (SSSR count). The standard InChI is InChI=1S/C19H29ClO2/c1-18-8-7-15-13(14(18)5-6-17(18)22)4-3-11-9-12(21)10-16(20)19(11,15)2/h11-16,21H,3-10H2,1-2H3/t11-,12+,13-,14-,15-,16?,18-,19-/m0/s1.